The largest absolute Gasteiger partial charge is 0.390 e. The lowest BCUT2D eigenvalue weighted by Crippen LogP contribution is -2.38. The maximum atomic E-state index is 10.1. The second-order valence-electron chi connectivity index (χ2n) is 5.84. The summed E-state index contributed by atoms with van der Waals surface area (Å²) in [7, 11) is 2.01. The van der Waals surface area contributed by atoms with Crippen molar-refractivity contribution in [1.29, 1.82) is 0 Å². The Labute approximate surface area is 127 Å². The van der Waals surface area contributed by atoms with E-state index >= 15 is 0 Å². The average Bonchev–Trinajstić information content (AvgIpc) is 2.38. The molecule has 2 unspecified atom stereocenters. The molecule has 4 heteroatoms. The molecule has 20 heavy (non-hydrogen) atoms. The fraction of sp³-hybridized carbons (Fsp3) is 0.625. The lowest BCUT2D eigenvalue weighted by molar-refractivity contribution is 0.106. The van der Waals surface area contributed by atoms with Crippen LogP contribution in [0.2, 0.25) is 5.02 Å². The van der Waals surface area contributed by atoms with Crippen molar-refractivity contribution in [2.75, 3.05) is 26.7 Å². The summed E-state index contributed by atoms with van der Waals surface area (Å²) < 4.78 is 0. The van der Waals surface area contributed by atoms with E-state index in [2.05, 4.69) is 31.0 Å². The Hall–Kier alpha value is -0.610. The number of hydrogen-bond donors (Lipinski definition) is 2. The van der Waals surface area contributed by atoms with E-state index in [1.165, 1.54) is 0 Å². The molecule has 1 rings (SSSR count). The normalized spacial score (nSPS) is 14.8. The molecule has 0 fully saturated rings. The highest BCUT2D eigenvalue weighted by Gasteiger charge is 2.17. The van der Waals surface area contributed by atoms with E-state index in [1.54, 1.807) is 0 Å². The van der Waals surface area contributed by atoms with Gasteiger partial charge in [-0.15, -0.1) is 0 Å². The summed E-state index contributed by atoms with van der Waals surface area (Å²) in [5.74, 6) is 0.599. The van der Waals surface area contributed by atoms with Crippen molar-refractivity contribution >= 4 is 11.6 Å². The maximum Gasteiger partial charge on any atom is 0.0791 e. The molecule has 2 atom stereocenters. The van der Waals surface area contributed by atoms with Crippen molar-refractivity contribution in [3.05, 3.63) is 34.9 Å². The second-order valence-corrected chi connectivity index (χ2v) is 6.25. The standard InChI is InChI=1S/C16H27ClN2O/c1-12(2)9-18-10-14(20)11-19(4)13(3)15-7-5-6-8-16(15)17/h5-8,12-14,18,20H,9-11H2,1-4H3. The predicted octanol–water partition coefficient (Wildman–Crippen LogP) is 2.94. The molecule has 1 aromatic rings. The summed E-state index contributed by atoms with van der Waals surface area (Å²) in [6.07, 6.45) is -0.372. The van der Waals surface area contributed by atoms with Gasteiger partial charge in [0.2, 0.25) is 0 Å². The van der Waals surface area contributed by atoms with Gasteiger partial charge in [-0.1, -0.05) is 43.6 Å². The predicted molar refractivity (Wildman–Crippen MR) is 86.2 cm³/mol. The van der Waals surface area contributed by atoms with Gasteiger partial charge in [-0.05, 0) is 38.1 Å². The molecule has 2 N–H and O–H groups in total. The van der Waals surface area contributed by atoms with Gasteiger partial charge >= 0.3 is 0 Å². The zero-order chi connectivity index (χ0) is 15.1. The maximum absolute atomic E-state index is 10.1. The number of aliphatic hydroxyl groups excluding tert-OH is 1. The zero-order valence-electron chi connectivity index (χ0n) is 12.9. The minimum absolute atomic E-state index is 0.184. The minimum atomic E-state index is -0.372. The monoisotopic (exact) mass is 298 g/mol. The molecule has 0 aliphatic rings. The summed E-state index contributed by atoms with van der Waals surface area (Å²) in [6.45, 7) is 8.60. The SMILES string of the molecule is CC(C)CNCC(O)CN(C)C(C)c1ccccc1Cl. The molecule has 0 saturated carbocycles. The van der Waals surface area contributed by atoms with Crippen molar-refractivity contribution in [2.45, 2.75) is 32.9 Å². The van der Waals surface area contributed by atoms with Gasteiger partial charge in [-0.2, -0.15) is 0 Å². The highest BCUT2D eigenvalue weighted by molar-refractivity contribution is 6.31. The molecule has 0 spiro atoms. The molecule has 0 aliphatic carbocycles. The lowest BCUT2D eigenvalue weighted by Gasteiger charge is -2.28. The number of aliphatic hydroxyl groups is 1. The van der Waals surface area contributed by atoms with Crippen LogP contribution in [0.3, 0.4) is 0 Å². The van der Waals surface area contributed by atoms with Crippen LogP contribution in [0.1, 0.15) is 32.4 Å². The number of nitrogens with one attached hydrogen (secondary N) is 1. The third-order valence-corrected chi connectivity index (χ3v) is 3.79. The van der Waals surface area contributed by atoms with Crippen molar-refractivity contribution in [1.82, 2.24) is 10.2 Å². The van der Waals surface area contributed by atoms with Crippen LogP contribution in [0, 0.1) is 5.92 Å². The number of halogens is 1. The van der Waals surface area contributed by atoms with E-state index in [0.717, 1.165) is 17.1 Å². The molecule has 114 valence electrons. The Morgan fingerprint density at radius 3 is 2.45 bits per heavy atom. The second kappa shape index (κ2) is 8.63. The van der Waals surface area contributed by atoms with Crippen LogP contribution < -0.4 is 5.32 Å². The third-order valence-electron chi connectivity index (χ3n) is 3.45. The number of benzene rings is 1. The average molecular weight is 299 g/mol. The molecule has 0 radical (unpaired) electrons. The highest BCUT2D eigenvalue weighted by atomic mass is 35.5. The molecular formula is C16H27ClN2O. The molecule has 0 bridgehead atoms. The molecule has 0 heterocycles. The summed E-state index contributed by atoms with van der Waals surface area (Å²) in [5, 5.41) is 14.1. The molecule has 0 amide bonds. The van der Waals surface area contributed by atoms with E-state index in [4.69, 9.17) is 11.6 Å². The molecule has 0 aromatic heterocycles. The minimum Gasteiger partial charge on any atom is -0.390 e. The number of nitrogens with zero attached hydrogens (tertiary/aromatic N) is 1. The summed E-state index contributed by atoms with van der Waals surface area (Å²) in [4.78, 5) is 2.13. The smallest absolute Gasteiger partial charge is 0.0791 e. The van der Waals surface area contributed by atoms with Crippen LogP contribution in [0.4, 0.5) is 0 Å². The highest BCUT2D eigenvalue weighted by Crippen LogP contribution is 2.26. The Morgan fingerprint density at radius 2 is 1.85 bits per heavy atom. The number of rotatable bonds is 8. The van der Waals surface area contributed by atoms with E-state index in [9.17, 15) is 5.11 Å². The molecule has 3 nitrogen and oxygen atoms in total. The van der Waals surface area contributed by atoms with E-state index in [-0.39, 0.29) is 12.1 Å². The molecule has 0 saturated heterocycles. The van der Waals surface area contributed by atoms with Gasteiger partial charge in [0.05, 0.1) is 6.10 Å². The summed E-state index contributed by atoms with van der Waals surface area (Å²) >= 11 is 6.22. The van der Waals surface area contributed by atoms with Gasteiger partial charge in [-0.3, -0.25) is 4.90 Å². The Balaban J connectivity index is 2.45. The first-order valence-corrected chi connectivity index (χ1v) is 7.63. The number of hydrogen-bond acceptors (Lipinski definition) is 3. The lowest BCUT2D eigenvalue weighted by atomic mass is 10.1. The van der Waals surface area contributed by atoms with E-state index < -0.39 is 0 Å². The van der Waals surface area contributed by atoms with E-state index in [0.29, 0.717) is 19.0 Å². The third kappa shape index (κ3) is 5.80. The molecular weight excluding hydrogens is 272 g/mol. The van der Waals surface area contributed by atoms with Crippen LogP contribution in [0.15, 0.2) is 24.3 Å². The van der Waals surface area contributed by atoms with Gasteiger partial charge < -0.3 is 10.4 Å². The van der Waals surface area contributed by atoms with Crippen LogP contribution in [0.5, 0.6) is 0 Å². The van der Waals surface area contributed by atoms with Crippen molar-refractivity contribution in [3.8, 4) is 0 Å². The van der Waals surface area contributed by atoms with Gasteiger partial charge in [0.1, 0.15) is 0 Å². The Morgan fingerprint density at radius 1 is 1.20 bits per heavy atom. The zero-order valence-corrected chi connectivity index (χ0v) is 13.7. The molecule has 1 aromatic carbocycles. The van der Waals surface area contributed by atoms with Crippen LogP contribution in [-0.2, 0) is 0 Å². The fourth-order valence-corrected chi connectivity index (χ4v) is 2.44. The molecule has 0 aliphatic heterocycles. The summed E-state index contributed by atoms with van der Waals surface area (Å²) in [5.41, 5.74) is 1.10. The van der Waals surface area contributed by atoms with Gasteiger partial charge in [0, 0.05) is 24.2 Å². The van der Waals surface area contributed by atoms with Crippen molar-refractivity contribution in [2.24, 2.45) is 5.92 Å². The first kappa shape index (κ1) is 17.4. The fourth-order valence-electron chi connectivity index (χ4n) is 2.15. The van der Waals surface area contributed by atoms with Crippen LogP contribution >= 0.6 is 11.6 Å². The summed E-state index contributed by atoms with van der Waals surface area (Å²) in [6, 6.07) is 8.05. The number of likely N-dealkylation sites (N-methyl/N-ethyl adjacent to an activating group) is 1. The van der Waals surface area contributed by atoms with Gasteiger partial charge in [-0.25, -0.2) is 0 Å². The van der Waals surface area contributed by atoms with Crippen molar-refractivity contribution in [3.63, 3.8) is 0 Å². The topological polar surface area (TPSA) is 35.5 Å². The first-order valence-electron chi connectivity index (χ1n) is 7.25. The first-order chi connectivity index (χ1) is 9.41. The van der Waals surface area contributed by atoms with Gasteiger partial charge in [0.15, 0.2) is 0 Å². The Bertz CT molecular complexity index is 398. The van der Waals surface area contributed by atoms with Crippen LogP contribution in [0.25, 0.3) is 0 Å². The van der Waals surface area contributed by atoms with E-state index in [1.807, 2.05) is 31.3 Å². The quantitative estimate of drug-likeness (QED) is 0.774. The van der Waals surface area contributed by atoms with Crippen LogP contribution in [-0.4, -0.2) is 42.8 Å². The van der Waals surface area contributed by atoms with Crippen molar-refractivity contribution < 1.29 is 5.11 Å². The van der Waals surface area contributed by atoms with Gasteiger partial charge in [0.25, 0.3) is 0 Å². The Kier molecular flexibility index (Phi) is 7.52.